The van der Waals surface area contributed by atoms with Crippen molar-refractivity contribution in [1.29, 1.82) is 0 Å². The fraction of sp³-hybridized carbons (Fsp3) is 0.600. The summed E-state index contributed by atoms with van der Waals surface area (Å²) in [6.45, 7) is 4.48. The van der Waals surface area contributed by atoms with E-state index in [9.17, 15) is 0 Å². The Labute approximate surface area is 118 Å². The van der Waals surface area contributed by atoms with Gasteiger partial charge in [-0.3, -0.25) is 0 Å². The summed E-state index contributed by atoms with van der Waals surface area (Å²) in [6.07, 6.45) is 3.52. The maximum atomic E-state index is 5.60. The molecule has 1 aliphatic carbocycles. The van der Waals surface area contributed by atoms with Crippen molar-refractivity contribution in [3.05, 3.63) is 22.8 Å². The molecule has 0 aliphatic heterocycles. The first-order valence-corrected chi connectivity index (χ1v) is 7.38. The quantitative estimate of drug-likeness (QED) is 0.594. The second-order valence-electron chi connectivity index (χ2n) is 5.17. The molecule has 2 unspecified atom stereocenters. The highest BCUT2D eigenvalue weighted by Gasteiger charge is 2.27. The number of hydrogen-bond acceptors (Lipinski definition) is 2. The zero-order valence-corrected chi connectivity index (χ0v) is 13.1. The van der Waals surface area contributed by atoms with E-state index < -0.39 is 0 Å². The van der Waals surface area contributed by atoms with Gasteiger partial charge in [0.25, 0.3) is 0 Å². The predicted octanol–water partition coefficient (Wildman–Crippen LogP) is 4.42. The molecule has 0 radical (unpaired) electrons. The van der Waals surface area contributed by atoms with Gasteiger partial charge >= 0.3 is 0 Å². The van der Waals surface area contributed by atoms with Crippen LogP contribution in [0.25, 0.3) is 0 Å². The van der Waals surface area contributed by atoms with E-state index in [1.165, 1.54) is 23.1 Å². The summed E-state index contributed by atoms with van der Waals surface area (Å²) < 4.78 is 11.0. The molecular weight excluding hydrogens is 292 g/mol. The number of hydrogen-bond donors (Lipinski definition) is 0. The molecule has 0 bridgehead atoms. The molecule has 0 saturated heterocycles. The minimum absolute atomic E-state index is 0.355. The first kappa shape index (κ1) is 13.7. The highest BCUT2D eigenvalue weighted by Crippen LogP contribution is 2.47. The summed E-state index contributed by atoms with van der Waals surface area (Å²) in [7, 11) is 3.42. The van der Waals surface area contributed by atoms with Crippen LogP contribution in [0, 0.1) is 12.8 Å². The van der Waals surface area contributed by atoms with Gasteiger partial charge in [-0.05, 0) is 49.3 Å². The molecule has 100 valence electrons. The fourth-order valence-electron chi connectivity index (χ4n) is 2.84. The number of fused-ring (bicyclic) bond motifs is 1. The minimum Gasteiger partial charge on any atom is -0.493 e. The van der Waals surface area contributed by atoms with Gasteiger partial charge in [0.05, 0.1) is 14.2 Å². The Bertz CT molecular complexity index is 443. The van der Waals surface area contributed by atoms with E-state index in [2.05, 4.69) is 35.8 Å². The third kappa shape index (κ3) is 2.37. The summed E-state index contributed by atoms with van der Waals surface area (Å²) in [4.78, 5) is 0.355. The van der Waals surface area contributed by atoms with E-state index in [4.69, 9.17) is 9.47 Å². The molecular formula is C15H21BrO2. The Morgan fingerprint density at radius 2 is 2.00 bits per heavy atom. The summed E-state index contributed by atoms with van der Waals surface area (Å²) in [5.41, 5.74) is 4.03. The summed E-state index contributed by atoms with van der Waals surface area (Å²) in [6, 6.07) is 2.09. The molecule has 1 aromatic carbocycles. The lowest BCUT2D eigenvalue weighted by Gasteiger charge is -2.20. The topological polar surface area (TPSA) is 18.5 Å². The van der Waals surface area contributed by atoms with E-state index in [1.54, 1.807) is 14.2 Å². The van der Waals surface area contributed by atoms with Gasteiger partial charge in [0, 0.05) is 10.4 Å². The van der Waals surface area contributed by atoms with E-state index in [0.717, 1.165) is 30.3 Å². The average molecular weight is 313 g/mol. The van der Waals surface area contributed by atoms with Gasteiger partial charge in [0.15, 0.2) is 11.5 Å². The lowest BCUT2D eigenvalue weighted by atomic mass is 9.96. The monoisotopic (exact) mass is 312 g/mol. The van der Waals surface area contributed by atoms with Gasteiger partial charge < -0.3 is 9.47 Å². The molecule has 3 heteroatoms. The Hall–Kier alpha value is -0.700. The van der Waals surface area contributed by atoms with E-state index >= 15 is 0 Å². The molecule has 0 saturated carbocycles. The number of rotatable bonds is 2. The summed E-state index contributed by atoms with van der Waals surface area (Å²) in [5.74, 6) is 2.47. The van der Waals surface area contributed by atoms with Crippen molar-refractivity contribution in [2.24, 2.45) is 5.92 Å². The van der Waals surface area contributed by atoms with Crippen molar-refractivity contribution in [3.63, 3.8) is 0 Å². The van der Waals surface area contributed by atoms with Crippen molar-refractivity contribution in [2.45, 2.75) is 37.9 Å². The number of alkyl halides is 1. The largest absolute Gasteiger partial charge is 0.493 e. The van der Waals surface area contributed by atoms with Gasteiger partial charge in [-0.2, -0.15) is 0 Å². The third-order valence-electron chi connectivity index (χ3n) is 3.85. The second kappa shape index (κ2) is 5.52. The first-order chi connectivity index (χ1) is 8.58. The van der Waals surface area contributed by atoms with Gasteiger partial charge in [0.2, 0.25) is 0 Å². The highest BCUT2D eigenvalue weighted by atomic mass is 79.9. The Balaban J connectivity index is 2.62. The molecule has 0 fully saturated rings. The maximum absolute atomic E-state index is 5.60. The lowest BCUT2D eigenvalue weighted by molar-refractivity contribution is 0.350. The second-order valence-corrected chi connectivity index (χ2v) is 6.27. The van der Waals surface area contributed by atoms with Crippen LogP contribution in [-0.4, -0.2) is 14.2 Å². The van der Waals surface area contributed by atoms with Crippen molar-refractivity contribution < 1.29 is 9.47 Å². The lowest BCUT2D eigenvalue weighted by Crippen LogP contribution is -2.03. The van der Waals surface area contributed by atoms with Crippen molar-refractivity contribution in [1.82, 2.24) is 0 Å². The van der Waals surface area contributed by atoms with Gasteiger partial charge in [-0.15, -0.1) is 0 Å². The number of benzene rings is 1. The zero-order valence-electron chi connectivity index (χ0n) is 11.5. The normalized spacial score (nSPS) is 23.2. The molecule has 0 spiro atoms. The van der Waals surface area contributed by atoms with Crippen molar-refractivity contribution in [2.75, 3.05) is 14.2 Å². The van der Waals surface area contributed by atoms with Crippen molar-refractivity contribution >= 4 is 15.9 Å². The number of aryl methyl sites for hydroxylation is 1. The van der Waals surface area contributed by atoms with E-state index in [1.807, 2.05) is 0 Å². The van der Waals surface area contributed by atoms with Gasteiger partial charge in [0.1, 0.15) is 0 Å². The molecule has 2 rings (SSSR count). The van der Waals surface area contributed by atoms with Crippen LogP contribution < -0.4 is 9.47 Å². The van der Waals surface area contributed by atoms with Crippen LogP contribution in [0.4, 0.5) is 0 Å². The van der Waals surface area contributed by atoms with Crippen LogP contribution in [-0.2, 0) is 6.42 Å². The Morgan fingerprint density at radius 3 is 2.61 bits per heavy atom. The zero-order chi connectivity index (χ0) is 13.3. The minimum atomic E-state index is 0.355. The van der Waals surface area contributed by atoms with Crippen LogP contribution >= 0.6 is 15.9 Å². The number of halogens is 1. The summed E-state index contributed by atoms with van der Waals surface area (Å²) >= 11 is 3.83. The van der Waals surface area contributed by atoms with Crippen LogP contribution in [0.2, 0.25) is 0 Å². The highest BCUT2D eigenvalue weighted by molar-refractivity contribution is 9.09. The molecule has 2 atom stereocenters. The van der Waals surface area contributed by atoms with Crippen LogP contribution in [0.1, 0.15) is 41.3 Å². The van der Waals surface area contributed by atoms with Crippen molar-refractivity contribution in [3.8, 4) is 11.5 Å². The van der Waals surface area contributed by atoms with E-state index in [0.29, 0.717) is 4.83 Å². The van der Waals surface area contributed by atoms with Gasteiger partial charge in [-0.25, -0.2) is 0 Å². The Morgan fingerprint density at radius 1 is 1.28 bits per heavy atom. The molecule has 1 aliphatic rings. The van der Waals surface area contributed by atoms with E-state index in [-0.39, 0.29) is 0 Å². The summed E-state index contributed by atoms with van der Waals surface area (Å²) in [5, 5.41) is 0. The predicted molar refractivity (Wildman–Crippen MR) is 78.1 cm³/mol. The number of methoxy groups -OCH3 is 2. The molecule has 18 heavy (non-hydrogen) atoms. The molecule has 0 heterocycles. The molecule has 0 amide bonds. The number of ether oxygens (including phenoxy) is 2. The molecule has 0 aromatic heterocycles. The SMILES string of the molecule is COc1cc(C)c2c(c1OC)C(Br)CC(C)CC2. The smallest absolute Gasteiger partial charge is 0.165 e. The molecule has 0 N–H and O–H groups in total. The standard InChI is InChI=1S/C15H21BrO2/c1-9-5-6-11-10(2)8-13(17-3)15(18-4)14(11)12(16)7-9/h8-9,12H,5-7H2,1-4H3. The molecule has 2 nitrogen and oxygen atoms in total. The third-order valence-corrected chi connectivity index (χ3v) is 4.68. The van der Waals surface area contributed by atoms with Crippen LogP contribution in [0.5, 0.6) is 11.5 Å². The van der Waals surface area contributed by atoms with Crippen LogP contribution in [0.3, 0.4) is 0 Å². The Kier molecular flexibility index (Phi) is 4.21. The molecule has 1 aromatic rings. The average Bonchev–Trinajstić information content (AvgIpc) is 2.49. The first-order valence-electron chi connectivity index (χ1n) is 6.46. The maximum Gasteiger partial charge on any atom is 0.165 e. The van der Waals surface area contributed by atoms with Gasteiger partial charge in [-0.1, -0.05) is 22.9 Å². The fourth-order valence-corrected chi connectivity index (χ4v) is 3.96. The van der Waals surface area contributed by atoms with Crippen LogP contribution in [0.15, 0.2) is 6.07 Å².